The lowest BCUT2D eigenvalue weighted by molar-refractivity contribution is -0.128. The van der Waals surface area contributed by atoms with E-state index in [0.717, 1.165) is 5.01 Å². The number of rotatable bonds is 4. The molecule has 0 atom stereocenters. The quantitative estimate of drug-likeness (QED) is 0.922. The summed E-state index contributed by atoms with van der Waals surface area (Å²) < 4.78 is 18.6. The van der Waals surface area contributed by atoms with Gasteiger partial charge in [0.15, 0.2) is 5.60 Å². The molecule has 0 saturated heterocycles. The Kier molecular flexibility index (Phi) is 4.70. The van der Waals surface area contributed by atoms with Gasteiger partial charge in [-0.15, -0.1) is 10.2 Å². The standard InChI is InChI=1S/C16H20FN3O2S/c1-15(2,3)13-19-20-14(23-13)18-12(21)16(4,5)22-11-8-6-10(17)7-9-11/h6-9H,1-5H3,(H,18,20,21). The predicted molar refractivity (Wildman–Crippen MR) is 88.3 cm³/mol. The highest BCUT2D eigenvalue weighted by molar-refractivity contribution is 7.15. The van der Waals surface area contributed by atoms with E-state index in [9.17, 15) is 9.18 Å². The van der Waals surface area contributed by atoms with Crippen LogP contribution < -0.4 is 10.1 Å². The molecule has 0 fully saturated rings. The highest BCUT2D eigenvalue weighted by Gasteiger charge is 2.31. The summed E-state index contributed by atoms with van der Waals surface area (Å²) >= 11 is 1.33. The Morgan fingerprint density at radius 2 is 1.74 bits per heavy atom. The fourth-order valence-corrected chi connectivity index (χ4v) is 2.46. The van der Waals surface area contributed by atoms with E-state index in [2.05, 4.69) is 15.5 Å². The van der Waals surface area contributed by atoms with Crippen molar-refractivity contribution in [3.05, 3.63) is 35.1 Å². The molecule has 0 aliphatic heterocycles. The van der Waals surface area contributed by atoms with E-state index in [1.807, 2.05) is 20.8 Å². The molecule has 7 heteroatoms. The summed E-state index contributed by atoms with van der Waals surface area (Å²) in [5.74, 6) is -0.291. The maximum Gasteiger partial charge on any atom is 0.269 e. The van der Waals surface area contributed by atoms with E-state index in [0.29, 0.717) is 10.9 Å². The maximum absolute atomic E-state index is 12.9. The molecule has 0 aliphatic carbocycles. The van der Waals surface area contributed by atoms with Gasteiger partial charge in [-0.05, 0) is 38.1 Å². The van der Waals surface area contributed by atoms with Crippen LogP contribution in [0.5, 0.6) is 5.75 Å². The van der Waals surface area contributed by atoms with Crippen molar-refractivity contribution < 1.29 is 13.9 Å². The van der Waals surface area contributed by atoms with Gasteiger partial charge in [-0.25, -0.2) is 4.39 Å². The smallest absolute Gasteiger partial charge is 0.269 e. The van der Waals surface area contributed by atoms with E-state index in [-0.39, 0.29) is 17.1 Å². The number of halogens is 1. The van der Waals surface area contributed by atoms with Gasteiger partial charge in [-0.1, -0.05) is 32.1 Å². The molecule has 23 heavy (non-hydrogen) atoms. The Labute approximate surface area is 138 Å². The van der Waals surface area contributed by atoms with Crippen LogP contribution in [-0.2, 0) is 10.2 Å². The molecule has 1 amide bonds. The molecule has 0 aliphatic rings. The summed E-state index contributed by atoms with van der Waals surface area (Å²) in [5, 5.41) is 12.1. The SMILES string of the molecule is CC(C)(Oc1ccc(F)cc1)C(=O)Nc1nnc(C(C)(C)C)s1. The number of carbonyl (C=O) groups is 1. The Hall–Kier alpha value is -2.02. The minimum Gasteiger partial charge on any atom is -0.478 e. The molecule has 0 bridgehead atoms. The minimum atomic E-state index is -1.13. The normalized spacial score (nSPS) is 12.1. The predicted octanol–water partition coefficient (Wildman–Crippen LogP) is 3.77. The molecule has 2 rings (SSSR count). The van der Waals surface area contributed by atoms with E-state index < -0.39 is 5.60 Å². The molecule has 1 aromatic carbocycles. The summed E-state index contributed by atoms with van der Waals surface area (Å²) in [6.45, 7) is 9.36. The highest BCUT2D eigenvalue weighted by atomic mass is 32.1. The first kappa shape index (κ1) is 17.3. The van der Waals surface area contributed by atoms with E-state index in [1.165, 1.54) is 35.6 Å². The number of hydrogen-bond donors (Lipinski definition) is 1. The van der Waals surface area contributed by atoms with Gasteiger partial charge in [-0.2, -0.15) is 0 Å². The van der Waals surface area contributed by atoms with E-state index in [1.54, 1.807) is 13.8 Å². The Morgan fingerprint density at radius 3 is 2.26 bits per heavy atom. The van der Waals surface area contributed by atoms with Crippen molar-refractivity contribution in [1.82, 2.24) is 10.2 Å². The number of nitrogens with one attached hydrogen (secondary N) is 1. The molecule has 0 saturated carbocycles. The minimum absolute atomic E-state index is 0.124. The zero-order chi connectivity index (χ0) is 17.3. The zero-order valence-electron chi connectivity index (χ0n) is 13.8. The molecule has 124 valence electrons. The average Bonchev–Trinajstić information content (AvgIpc) is 2.89. The number of nitrogens with zero attached hydrogens (tertiary/aromatic N) is 2. The summed E-state index contributed by atoms with van der Waals surface area (Å²) in [6.07, 6.45) is 0. The van der Waals surface area contributed by atoms with Gasteiger partial charge in [-0.3, -0.25) is 10.1 Å². The summed E-state index contributed by atoms with van der Waals surface area (Å²) in [6, 6.07) is 5.52. The van der Waals surface area contributed by atoms with Crippen molar-refractivity contribution in [3.63, 3.8) is 0 Å². The van der Waals surface area contributed by atoms with Crippen LogP contribution >= 0.6 is 11.3 Å². The van der Waals surface area contributed by atoms with Crippen molar-refractivity contribution >= 4 is 22.4 Å². The molecular formula is C16H20FN3O2S. The Bertz CT molecular complexity index is 690. The van der Waals surface area contributed by atoms with Gasteiger partial charge in [0.2, 0.25) is 5.13 Å². The number of ether oxygens (including phenoxy) is 1. The van der Waals surface area contributed by atoms with Crippen LogP contribution in [-0.4, -0.2) is 21.7 Å². The first-order valence-electron chi connectivity index (χ1n) is 7.18. The van der Waals surface area contributed by atoms with Gasteiger partial charge in [0.05, 0.1) is 0 Å². The van der Waals surface area contributed by atoms with Gasteiger partial charge in [0.25, 0.3) is 5.91 Å². The molecule has 1 heterocycles. The van der Waals surface area contributed by atoms with Crippen molar-refractivity contribution in [2.45, 2.75) is 45.6 Å². The van der Waals surface area contributed by atoms with Crippen LogP contribution in [0, 0.1) is 5.82 Å². The number of benzene rings is 1. The fourth-order valence-electron chi connectivity index (χ4n) is 1.67. The number of amides is 1. The van der Waals surface area contributed by atoms with E-state index >= 15 is 0 Å². The molecule has 2 aromatic rings. The first-order chi connectivity index (χ1) is 10.6. The number of hydrogen-bond acceptors (Lipinski definition) is 5. The second-order valence-electron chi connectivity index (χ2n) is 6.68. The van der Waals surface area contributed by atoms with Crippen molar-refractivity contribution in [2.24, 2.45) is 0 Å². The lowest BCUT2D eigenvalue weighted by atomic mass is 9.98. The largest absolute Gasteiger partial charge is 0.478 e. The molecule has 0 spiro atoms. The third-order valence-electron chi connectivity index (χ3n) is 3.02. The second kappa shape index (κ2) is 6.23. The Balaban J connectivity index is 2.06. The van der Waals surface area contributed by atoms with Crippen LogP contribution in [0.15, 0.2) is 24.3 Å². The van der Waals surface area contributed by atoms with E-state index in [4.69, 9.17) is 4.74 Å². The van der Waals surface area contributed by atoms with Gasteiger partial charge >= 0.3 is 0 Å². The van der Waals surface area contributed by atoms with Crippen molar-refractivity contribution in [2.75, 3.05) is 5.32 Å². The second-order valence-corrected chi connectivity index (χ2v) is 7.66. The third-order valence-corrected chi connectivity index (χ3v) is 4.28. The average molecular weight is 337 g/mol. The Morgan fingerprint density at radius 1 is 1.13 bits per heavy atom. The molecule has 1 N–H and O–H groups in total. The van der Waals surface area contributed by atoms with Crippen LogP contribution in [0.1, 0.15) is 39.6 Å². The summed E-state index contributed by atoms with van der Waals surface area (Å²) in [5.41, 5.74) is -1.26. The van der Waals surface area contributed by atoms with Gasteiger partial charge < -0.3 is 4.74 Å². The topological polar surface area (TPSA) is 64.1 Å². The first-order valence-corrected chi connectivity index (χ1v) is 7.99. The molecule has 0 radical (unpaired) electrons. The van der Waals surface area contributed by atoms with Crippen LogP contribution in [0.25, 0.3) is 0 Å². The molecular weight excluding hydrogens is 317 g/mol. The van der Waals surface area contributed by atoms with Crippen LogP contribution in [0.3, 0.4) is 0 Å². The number of aromatic nitrogens is 2. The molecule has 1 aromatic heterocycles. The zero-order valence-corrected chi connectivity index (χ0v) is 14.6. The van der Waals surface area contributed by atoms with Crippen molar-refractivity contribution in [1.29, 1.82) is 0 Å². The summed E-state index contributed by atoms with van der Waals surface area (Å²) in [4.78, 5) is 12.4. The van der Waals surface area contributed by atoms with Crippen LogP contribution in [0.4, 0.5) is 9.52 Å². The highest BCUT2D eigenvalue weighted by Crippen LogP contribution is 2.28. The summed E-state index contributed by atoms with van der Waals surface area (Å²) in [7, 11) is 0. The fraction of sp³-hybridized carbons (Fsp3) is 0.438. The van der Waals surface area contributed by atoms with Gasteiger partial charge in [0.1, 0.15) is 16.6 Å². The lowest BCUT2D eigenvalue weighted by Gasteiger charge is -2.24. The van der Waals surface area contributed by atoms with Crippen molar-refractivity contribution in [3.8, 4) is 5.75 Å². The monoisotopic (exact) mass is 337 g/mol. The van der Waals surface area contributed by atoms with Crippen LogP contribution in [0.2, 0.25) is 0 Å². The lowest BCUT2D eigenvalue weighted by Crippen LogP contribution is -2.42. The third kappa shape index (κ3) is 4.48. The molecule has 0 unspecified atom stereocenters. The molecule has 5 nitrogen and oxygen atoms in total. The maximum atomic E-state index is 12.9. The number of carbonyl (C=O) groups excluding carboxylic acids is 1. The number of anilines is 1. The van der Waals surface area contributed by atoms with Gasteiger partial charge in [0, 0.05) is 5.41 Å².